The molecule has 0 saturated heterocycles. The molecular formula is C7H9ClN8O. The SMILES string of the molecule is COc1nc(Cl)nc(NC(C)c2nn[nH]n2)n1. The standard InChI is InChI=1S/C7H9ClN8O/c1-3(4-13-15-16-14-4)9-6-10-5(8)11-7(12-6)17-2/h3H,1-2H3,(H,9,10,11,12)(H,13,14,15,16). The maximum atomic E-state index is 5.71. The van der Waals surface area contributed by atoms with Gasteiger partial charge in [-0.15, -0.1) is 10.2 Å². The van der Waals surface area contributed by atoms with Gasteiger partial charge >= 0.3 is 6.01 Å². The van der Waals surface area contributed by atoms with Gasteiger partial charge in [0.25, 0.3) is 0 Å². The van der Waals surface area contributed by atoms with Crippen LogP contribution in [-0.4, -0.2) is 42.7 Å². The van der Waals surface area contributed by atoms with Crippen molar-refractivity contribution in [2.45, 2.75) is 13.0 Å². The first-order chi connectivity index (χ1) is 8.19. The van der Waals surface area contributed by atoms with Crippen molar-refractivity contribution in [3.05, 3.63) is 11.1 Å². The molecule has 2 aromatic heterocycles. The highest BCUT2D eigenvalue weighted by molar-refractivity contribution is 6.28. The first-order valence-electron chi connectivity index (χ1n) is 4.64. The van der Waals surface area contributed by atoms with Crippen LogP contribution < -0.4 is 10.1 Å². The van der Waals surface area contributed by atoms with E-state index in [-0.39, 0.29) is 23.3 Å². The minimum Gasteiger partial charge on any atom is -0.467 e. The van der Waals surface area contributed by atoms with E-state index >= 15 is 0 Å². The number of rotatable bonds is 4. The number of methoxy groups -OCH3 is 1. The van der Waals surface area contributed by atoms with E-state index < -0.39 is 0 Å². The summed E-state index contributed by atoms with van der Waals surface area (Å²) in [6, 6.07) is -0.0928. The van der Waals surface area contributed by atoms with E-state index in [0.29, 0.717) is 5.82 Å². The molecule has 2 rings (SSSR count). The number of H-pyrrole nitrogens is 1. The van der Waals surface area contributed by atoms with Crippen LogP contribution in [0.4, 0.5) is 5.95 Å². The summed E-state index contributed by atoms with van der Waals surface area (Å²) in [6.07, 6.45) is 0. The Kier molecular flexibility index (Phi) is 3.28. The van der Waals surface area contributed by atoms with Gasteiger partial charge in [-0.25, -0.2) is 0 Å². The van der Waals surface area contributed by atoms with Crippen molar-refractivity contribution in [3.8, 4) is 6.01 Å². The monoisotopic (exact) mass is 256 g/mol. The van der Waals surface area contributed by atoms with Gasteiger partial charge in [-0.1, -0.05) is 5.21 Å². The van der Waals surface area contributed by atoms with Crippen LogP contribution in [0.25, 0.3) is 0 Å². The predicted octanol–water partition coefficient (Wildman–Crippen LogP) is 0.220. The minimum absolute atomic E-state index is 0.0414. The van der Waals surface area contributed by atoms with Crippen molar-refractivity contribution in [2.24, 2.45) is 0 Å². The van der Waals surface area contributed by atoms with Crippen molar-refractivity contribution in [1.82, 2.24) is 35.6 Å². The number of nitrogens with zero attached hydrogens (tertiary/aromatic N) is 6. The van der Waals surface area contributed by atoms with E-state index in [1.54, 1.807) is 0 Å². The predicted molar refractivity (Wildman–Crippen MR) is 57.6 cm³/mol. The molecule has 1 atom stereocenters. The molecule has 0 aliphatic heterocycles. The molecule has 1 unspecified atom stereocenters. The topological polar surface area (TPSA) is 114 Å². The van der Waals surface area contributed by atoms with Crippen LogP contribution in [0.3, 0.4) is 0 Å². The fourth-order valence-electron chi connectivity index (χ4n) is 1.10. The van der Waals surface area contributed by atoms with Gasteiger partial charge in [0.15, 0.2) is 5.82 Å². The zero-order valence-corrected chi connectivity index (χ0v) is 9.80. The molecule has 0 amide bonds. The third kappa shape index (κ3) is 2.75. The number of aromatic amines is 1. The Hall–Kier alpha value is -2.03. The Morgan fingerprint density at radius 2 is 2.18 bits per heavy atom. The number of hydrogen-bond acceptors (Lipinski definition) is 8. The molecule has 10 heteroatoms. The zero-order chi connectivity index (χ0) is 12.3. The van der Waals surface area contributed by atoms with Crippen LogP contribution in [0.1, 0.15) is 18.8 Å². The quantitative estimate of drug-likeness (QED) is 0.798. The number of hydrogen-bond donors (Lipinski definition) is 2. The van der Waals surface area contributed by atoms with Gasteiger partial charge < -0.3 is 10.1 Å². The average molecular weight is 257 g/mol. The largest absolute Gasteiger partial charge is 0.467 e. The molecule has 0 fully saturated rings. The summed E-state index contributed by atoms with van der Waals surface area (Å²) in [5, 5.41) is 16.5. The minimum atomic E-state index is -0.225. The van der Waals surface area contributed by atoms with E-state index in [2.05, 4.69) is 40.9 Å². The summed E-state index contributed by atoms with van der Waals surface area (Å²) in [5.74, 6) is 0.764. The lowest BCUT2D eigenvalue weighted by molar-refractivity contribution is 0.378. The molecule has 90 valence electrons. The number of tetrazole rings is 1. The zero-order valence-electron chi connectivity index (χ0n) is 9.05. The van der Waals surface area contributed by atoms with E-state index in [1.807, 2.05) is 6.92 Å². The fourth-order valence-corrected chi connectivity index (χ4v) is 1.25. The van der Waals surface area contributed by atoms with Gasteiger partial charge in [-0.05, 0) is 18.5 Å². The Bertz CT molecular complexity index is 489. The third-order valence-corrected chi connectivity index (χ3v) is 2.03. The second-order valence-corrected chi connectivity index (χ2v) is 3.39. The first-order valence-corrected chi connectivity index (χ1v) is 5.02. The van der Waals surface area contributed by atoms with E-state index in [1.165, 1.54) is 7.11 Å². The van der Waals surface area contributed by atoms with E-state index in [9.17, 15) is 0 Å². The Morgan fingerprint density at radius 1 is 1.35 bits per heavy atom. The molecule has 9 nitrogen and oxygen atoms in total. The molecule has 2 N–H and O–H groups in total. The molecule has 0 bridgehead atoms. The molecule has 2 aromatic rings. The highest BCUT2D eigenvalue weighted by Crippen LogP contribution is 2.15. The third-order valence-electron chi connectivity index (χ3n) is 1.86. The fraction of sp³-hybridized carbons (Fsp3) is 0.429. The van der Waals surface area contributed by atoms with Crippen molar-refractivity contribution in [3.63, 3.8) is 0 Å². The molecular weight excluding hydrogens is 248 g/mol. The molecule has 0 radical (unpaired) electrons. The molecule has 0 aliphatic rings. The van der Waals surface area contributed by atoms with Crippen molar-refractivity contribution in [2.75, 3.05) is 12.4 Å². The van der Waals surface area contributed by atoms with Gasteiger partial charge in [0.2, 0.25) is 11.2 Å². The second-order valence-electron chi connectivity index (χ2n) is 3.05. The lowest BCUT2D eigenvalue weighted by atomic mass is 10.3. The van der Waals surface area contributed by atoms with Crippen LogP contribution in [-0.2, 0) is 0 Å². The Balaban J connectivity index is 2.15. The van der Waals surface area contributed by atoms with Crippen molar-refractivity contribution < 1.29 is 4.74 Å². The lowest BCUT2D eigenvalue weighted by Crippen LogP contribution is -2.12. The normalized spacial score (nSPS) is 12.2. The van der Waals surface area contributed by atoms with Gasteiger partial charge in [0, 0.05) is 0 Å². The number of ether oxygens (including phenoxy) is 1. The van der Waals surface area contributed by atoms with Crippen molar-refractivity contribution >= 4 is 17.5 Å². The highest BCUT2D eigenvalue weighted by atomic mass is 35.5. The van der Waals surface area contributed by atoms with Crippen LogP contribution in [0.15, 0.2) is 0 Å². The summed E-state index contributed by atoms with van der Waals surface area (Å²) in [6.45, 7) is 1.83. The lowest BCUT2D eigenvalue weighted by Gasteiger charge is -2.09. The van der Waals surface area contributed by atoms with Gasteiger partial charge in [-0.3, -0.25) is 0 Å². The molecule has 0 aromatic carbocycles. The highest BCUT2D eigenvalue weighted by Gasteiger charge is 2.13. The average Bonchev–Trinajstić information content (AvgIpc) is 2.81. The van der Waals surface area contributed by atoms with Crippen LogP contribution in [0, 0.1) is 0 Å². The first kappa shape index (κ1) is 11.5. The van der Waals surface area contributed by atoms with E-state index in [4.69, 9.17) is 16.3 Å². The van der Waals surface area contributed by atoms with E-state index in [0.717, 1.165) is 0 Å². The summed E-state index contributed by atoms with van der Waals surface area (Å²) in [5.41, 5.74) is 0. The molecule has 17 heavy (non-hydrogen) atoms. The van der Waals surface area contributed by atoms with Crippen LogP contribution >= 0.6 is 11.6 Å². The number of nitrogens with one attached hydrogen (secondary N) is 2. The van der Waals surface area contributed by atoms with Crippen LogP contribution in [0.5, 0.6) is 6.01 Å². The Labute approximate surface area is 101 Å². The van der Waals surface area contributed by atoms with Crippen molar-refractivity contribution in [1.29, 1.82) is 0 Å². The molecule has 0 spiro atoms. The van der Waals surface area contributed by atoms with Gasteiger partial charge in [-0.2, -0.15) is 20.2 Å². The number of aromatic nitrogens is 7. The summed E-state index contributed by atoms with van der Waals surface area (Å²) < 4.78 is 4.87. The van der Waals surface area contributed by atoms with Gasteiger partial charge in [0.05, 0.1) is 13.2 Å². The maximum Gasteiger partial charge on any atom is 0.322 e. The smallest absolute Gasteiger partial charge is 0.322 e. The molecule has 0 aliphatic carbocycles. The van der Waals surface area contributed by atoms with Crippen LogP contribution in [0.2, 0.25) is 5.28 Å². The number of halogens is 1. The molecule has 2 heterocycles. The van der Waals surface area contributed by atoms with Gasteiger partial charge in [0.1, 0.15) is 0 Å². The summed E-state index contributed by atoms with van der Waals surface area (Å²) in [4.78, 5) is 11.6. The maximum absolute atomic E-state index is 5.71. The molecule has 0 saturated carbocycles. The Morgan fingerprint density at radius 3 is 2.82 bits per heavy atom. The second kappa shape index (κ2) is 4.87. The summed E-state index contributed by atoms with van der Waals surface area (Å²) >= 11 is 5.71. The number of anilines is 1. The summed E-state index contributed by atoms with van der Waals surface area (Å²) in [7, 11) is 1.44.